The van der Waals surface area contributed by atoms with Gasteiger partial charge in [0.25, 0.3) is 0 Å². The van der Waals surface area contributed by atoms with Gasteiger partial charge in [-0.15, -0.1) is 0 Å². The van der Waals surface area contributed by atoms with E-state index in [1.165, 1.54) is 19.1 Å². The molecule has 4 aliphatic rings. The SMILES string of the molecule is C[C@H]1C[C@H]2[C@@H]3C[C@H](F)C4=CC(=O)C=C[C@]4(C)[C@@]3(F)[C@@H](O)C[C@]2(C)[C@@]1(OC(=O)C(Cl)Cl)C(=O)OCCl. The Kier molecular flexibility index (Phi) is 6.65. The molecule has 0 aromatic carbocycles. The maximum Gasteiger partial charge on any atom is 0.352 e. The number of alkyl halides is 5. The van der Waals surface area contributed by atoms with Crippen molar-refractivity contribution in [2.45, 2.75) is 68.4 Å². The molecule has 3 fully saturated rings. The summed E-state index contributed by atoms with van der Waals surface area (Å²) in [5.41, 5.74) is -7.29. The van der Waals surface area contributed by atoms with Gasteiger partial charge in [-0.05, 0) is 49.8 Å². The lowest BCUT2D eigenvalue weighted by Gasteiger charge is -2.63. The van der Waals surface area contributed by atoms with Crippen molar-refractivity contribution in [3.63, 3.8) is 0 Å². The minimum atomic E-state index is -2.35. The molecule has 0 aliphatic heterocycles. The van der Waals surface area contributed by atoms with Crippen LogP contribution in [0, 0.1) is 28.6 Å². The molecule has 0 spiro atoms. The van der Waals surface area contributed by atoms with E-state index in [0.717, 1.165) is 6.08 Å². The first kappa shape index (κ1) is 26.8. The van der Waals surface area contributed by atoms with Gasteiger partial charge in [0.1, 0.15) is 6.17 Å². The zero-order chi connectivity index (χ0) is 26.1. The van der Waals surface area contributed by atoms with Crippen LogP contribution in [0.2, 0.25) is 0 Å². The van der Waals surface area contributed by atoms with Crippen LogP contribution in [0.4, 0.5) is 8.78 Å². The van der Waals surface area contributed by atoms with Crippen LogP contribution in [-0.2, 0) is 23.9 Å². The minimum absolute atomic E-state index is 0.0104. The molecule has 6 nitrogen and oxygen atoms in total. The fourth-order valence-corrected chi connectivity index (χ4v) is 7.77. The zero-order valence-electron chi connectivity index (χ0n) is 19.4. The maximum atomic E-state index is 17.3. The Morgan fingerprint density at radius 1 is 1.26 bits per heavy atom. The fraction of sp³-hybridized carbons (Fsp3) is 0.708. The smallest absolute Gasteiger partial charge is 0.352 e. The van der Waals surface area contributed by atoms with E-state index in [1.54, 1.807) is 13.8 Å². The molecule has 0 heterocycles. The highest BCUT2D eigenvalue weighted by molar-refractivity contribution is 6.53. The number of hydrogen-bond acceptors (Lipinski definition) is 6. The molecule has 0 unspecified atom stereocenters. The predicted molar refractivity (Wildman–Crippen MR) is 124 cm³/mol. The fourth-order valence-electron chi connectivity index (χ4n) is 7.58. The summed E-state index contributed by atoms with van der Waals surface area (Å²) in [5, 5.41) is 11.4. The first-order chi connectivity index (χ1) is 16.2. The van der Waals surface area contributed by atoms with Gasteiger partial charge in [-0.25, -0.2) is 18.4 Å². The number of fused-ring (bicyclic) bond motifs is 5. The minimum Gasteiger partial charge on any atom is -0.446 e. The van der Waals surface area contributed by atoms with Crippen LogP contribution in [0.25, 0.3) is 0 Å². The van der Waals surface area contributed by atoms with Gasteiger partial charge < -0.3 is 14.6 Å². The van der Waals surface area contributed by atoms with Crippen LogP contribution in [0.1, 0.15) is 40.0 Å². The summed E-state index contributed by atoms with van der Waals surface area (Å²) in [4.78, 5) is 36.3. The van der Waals surface area contributed by atoms with Gasteiger partial charge in [0.15, 0.2) is 17.5 Å². The van der Waals surface area contributed by atoms with Gasteiger partial charge in [0.2, 0.25) is 10.4 Å². The van der Waals surface area contributed by atoms with Gasteiger partial charge in [0.05, 0.1) is 6.10 Å². The molecule has 4 aliphatic carbocycles. The van der Waals surface area contributed by atoms with Gasteiger partial charge in [0, 0.05) is 22.7 Å². The molecule has 0 aromatic rings. The summed E-state index contributed by atoms with van der Waals surface area (Å²) in [7, 11) is 0. The van der Waals surface area contributed by atoms with Crippen molar-refractivity contribution in [3.8, 4) is 0 Å². The van der Waals surface area contributed by atoms with E-state index in [-0.39, 0.29) is 24.8 Å². The molecular formula is C24H27Cl3F2O6. The highest BCUT2D eigenvalue weighted by atomic mass is 35.5. The quantitative estimate of drug-likeness (QED) is 0.409. The summed E-state index contributed by atoms with van der Waals surface area (Å²) in [6, 6.07) is -0.534. The summed E-state index contributed by atoms with van der Waals surface area (Å²) in [6.45, 7) is 4.72. The maximum absolute atomic E-state index is 17.3. The lowest BCUT2D eigenvalue weighted by Crippen LogP contribution is -2.71. The van der Waals surface area contributed by atoms with E-state index in [9.17, 15) is 19.5 Å². The normalized spacial score (nSPS) is 46.4. The van der Waals surface area contributed by atoms with Crippen LogP contribution in [0.3, 0.4) is 0 Å². The Hall–Kier alpha value is -1.22. The predicted octanol–water partition coefficient (Wildman–Crippen LogP) is 4.38. The van der Waals surface area contributed by atoms with Crippen LogP contribution in [0.5, 0.6) is 0 Å². The molecular weight excluding hydrogens is 529 g/mol. The number of halogens is 5. The topological polar surface area (TPSA) is 89.9 Å². The Balaban J connectivity index is 1.87. The molecule has 0 radical (unpaired) electrons. The second kappa shape index (κ2) is 8.67. The summed E-state index contributed by atoms with van der Waals surface area (Å²) < 4.78 is 43.5. The Bertz CT molecular complexity index is 1020. The molecule has 0 bridgehead atoms. The second-order valence-corrected chi connectivity index (χ2v) is 11.8. The Morgan fingerprint density at radius 3 is 2.51 bits per heavy atom. The van der Waals surface area contributed by atoms with Gasteiger partial charge in [-0.1, -0.05) is 54.7 Å². The van der Waals surface area contributed by atoms with Gasteiger partial charge in [-0.2, -0.15) is 0 Å². The molecule has 0 amide bonds. The number of rotatable bonds is 4. The highest BCUT2D eigenvalue weighted by Crippen LogP contribution is 2.71. The van der Waals surface area contributed by atoms with Gasteiger partial charge in [-0.3, -0.25) is 4.79 Å². The monoisotopic (exact) mass is 554 g/mol. The zero-order valence-corrected chi connectivity index (χ0v) is 21.7. The molecule has 4 rings (SSSR count). The summed E-state index contributed by atoms with van der Waals surface area (Å²) >= 11 is 17.1. The summed E-state index contributed by atoms with van der Waals surface area (Å²) in [5.74, 6) is -5.00. The van der Waals surface area contributed by atoms with Crippen molar-refractivity contribution in [1.82, 2.24) is 0 Å². The van der Waals surface area contributed by atoms with E-state index in [1.807, 2.05) is 0 Å². The van der Waals surface area contributed by atoms with Crippen molar-refractivity contribution in [1.29, 1.82) is 0 Å². The molecule has 1 N–H and O–H groups in total. The van der Waals surface area contributed by atoms with Gasteiger partial charge >= 0.3 is 11.9 Å². The van der Waals surface area contributed by atoms with Crippen molar-refractivity contribution in [2.24, 2.45) is 28.6 Å². The molecule has 0 aromatic heterocycles. The highest BCUT2D eigenvalue weighted by Gasteiger charge is 2.78. The molecule has 11 heteroatoms. The average molecular weight is 556 g/mol. The largest absolute Gasteiger partial charge is 0.446 e. The number of aliphatic hydroxyl groups is 1. The first-order valence-corrected chi connectivity index (χ1v) is 12.8. The number of carbonyl (C=O) groups excluding carboxylic acids is 3. The number of allylic oxidation sites excluding steroid dienone is 4. The van der Waals surface area contributed by atoms with Crippen LogP contribution in [-0.4, -0.2) is 57.3 Å². The number of aliphatic hydroxyl groups excluding tert-OH is 1. The third kappa shape index (κ3) is 3.39. The Morgan fingerprint density at radius 2 is 1.91 bits per heavy atom. The van der Waals surface area contributed by atoms with E-state index >= 15 is 8.78 Å². The standard InChI is InChI=1S/C24H27Cl3F2O6/c1-11-6-13-14-8-16(28)15-7-12(30)4-5-21(15,2)23(14,29)17(31)9-22(13,3)24(11,20(33)34-10-25)35-19(32)18(26)27/h4-5,7,11,13-14,16-18,31H,6,8-10H2,1-3H3/t11-,13-,14-,16-,17-,21-,22-,23-,24-/m0/s1. The van der Waals surface area contributed by atoms with E-state index < -0.39 is 80.8 Å². The molecule has 194 valence electrons. The average Bonchev–Trinajstić information content (AvgIpc) is 2.99. The van der Waals surface area contributed by atoms with Crippen molar-refractivity contribution in [3.05, 3.63) is 23.8 Å². The van der Waals surface area contributed by atoms with Crippen molar-refractivity contribution >= 4 is 52.5 Å². The van der Waals surface area contributed by atoms with Crippen LogP contribution < -0.4 is 0 Å². The van der Waals surface area contributed by atoms with Crippen molar-refractivity contribution < 1.29 is 37.7 Å². The number of ketones is 1. The number of hydrogen-bond donors (Lipinski definition) is 1. The van der Waals surface area contributed by atoms with Crippen LogP contribution in [0.15, 0.2) is 23.8 Å². The molecule has 9 atom stereocenters. The second-order valence-electron chi connectivity index (χ2n) is 10.5. The summed E-state index contributed by atoms with van der Waals surface area (Å²) in [6.07, 6.45) is -0.175. The lowest BCUT2D eigenvalue weighted by atomic mass is 9.44. The van der Waals surface area contributed by atoms with E-state index in [0.29, 0.717) is 0 Å². The number of esters is 2. The third-order valence-electron chi connectivity index (χ3n) is 9.10. The number of carbonyl (C=O) groups is 3. The first-order valence-electron chi connectivity index (χ1n) is 11.4. The Labute approximate surface area is 216 Å². The van der Waals surface area contributed by atoms with E-state index in [2.05, 4.69) is 0 Å². The number of ether oxygens (including phenoxy) is 2. The van der Waals surface area contributed by atoms with Crippen LogP contribution >= 0.6 is 34.8 Å². The van der Waals surface area contributed by atoms with E-state index in [4.69, 9.17) is 44.3 Å². The van der Waals surface area contributed by atoms with Crippen molar-refractivity contribution in [2.75, 3.05) is 6.07 Å². The molecule has 3 saturated carbocycles. The molecule has 0 saturated heterocycles. The lowest BCUT2D eigenvalue weighted by molar-refractivity contribution is -0.238. The molecule has 35 heavy (non-hydrogen) atoms. The third-order valence-corrected chi connectivity index (χ3v) is 9.56.